The Labute approximate surface area is 89.3 Å². The molecule has 0 bridgehead atoms. The van der Waals surface area contributed by atoms with Crippen LogP contribution in [-0.4, -0.2) is 5.78 Å². The van der Waals surface area contributed by atoms with Gasteiger partial charge in [-0.1, -0.05) is 6.07 Å². The third-order valence-electron chi connectivity index (χ3n) is 2.88. The summed E-state index contributed by atoms with van der Waals surface area (Å²) >= 11 is 0. The molecule has 0 N–H and O–H groups in total. The maximum absolute atomic E-state index is 13.6. The first-order valence-corrected chi connectivity index (χ1v) is 5.38. The van der Waals surface area contributed by atoms with Gasteiger partial charge < -0.3 is 0 Å². The van der Waals surface area contributed by atoms with Crippen molar-refractivity contribution >= 4 is 5.78 Å². The number of hydrogen-bond donors (Lipinski definition) is 0. The lowest BCUT2D eigenvalue weighted by molar-refractivity contribution is 0.0971. The summed E-state index contributed by atoms with van der Waals surface area (Å²) in [5, 5.41) is 0. The van der Waals surface area contributed by atoms with Crippen molar-refractivity contribution in [3.05, 3.63) is 34.6 Å². The summed E-state index contributed by atoms with van der Waals surface area (Å²) in [6.07, 6.45) is 2.76. The zero-order valence-corrected chi connectivity index (χ0v) is 9.14. The van der Waals surface area contributed by atoms with Gasteiger partial charge in [0.25, 0.3) is 0 Å². The van der Waals surface area contributed by atoms with Crippen LogP contribution in [0.2, 0.25) is 0 Å². The summed E-state index contributed by atoms with van der Waals surface area (Å²) in [4.78, 5) is 11.8. The van der Waals surface area contributed by atoms with Crippen LogP contribution in [0.25, 0.3) is 0 Å². The molecule has 0 spiro atoms. The predicted octanol–water partition coefficient (Wildman–Crippen LogP) is 3.43. The molecule has 1 aromatic rings. The molecule has 0 aliphatic heterocycles. The van der Waals surface area contributed by atoms with Crippen LogP contribution in [0, 0.1) is 25.6 Å². The Bertz CT molecular complexity index is 382. The van der Waals surface area contributed by atoms with E-state index in [1.165, 1.54) is 6.07 Å². The normalized spacial score (nSPS) is 15.4. The molecule has 0 atom stereocenters. The van der Waals surface area contributed by atoms with Gasteiger partial charge in [0.1, 0.15) is 5.82 Å². The molecular weight excluding hydrogens is 191 g/mol. The average molecular weight is 206 g/mol. The molecule has 0 saturated heterocycles. The van der Waals surface area contributed by atoms with Crippen LogP contribution in [0.3, 0.4) is 0 Å². The number of hydrogen-bond acceptors (Lipinski definition) is 1. The van der Waals surface area contributed by atoms with Gasteiger partial charge in [0.2, 0.25) is 0 Å². The van der Waals surface area contributed by atoms with E-state index in [0.717, 1.165) is 24.0 Å². The first-order valence-electron chi connectivity index (χ1n) is 5.38. The number of halogens is 1. The quantitative estimate of drug-likeness (QED) is 0.692. The average Bonchev–Trinajstić information content (AvgIpc) is 2.85. The summed E-state index contributed by atoms with van der Waals surface area (Å²) in [5.74, 6) is 0.114. The molecule has 1 aliphatic rings. The van der Waals surface area contributed by atoms with Gasteiger partial charge in [-0.05, 0) is 49.8 Å². The second kappa shape index (κ2) is 3.76. The van der Waals surface area contributed by atoms with E-state index < -0.39 is 0 Å². The molecule has 0 radical (unpaired) electrons. The number of carbonyl (C=O) groups excluding carboxylic acids is 1. The highest BCUT2D eigenvalue weighted by Gasteiger charge is 2.26. The SMILES string of the molecule is Cc1cc(C)c(C(=O)CC2CC2)c(F)c1. The third-order valence-corrected chi connectivity index (χ3v) is 2.88. The Hall–Kier alpha value is -1.18. The largest absolute Gasteiger partial charge is 0.294 e. The number of ketones is 1. The topological polar surface area (TPSA) is 17.1 Å². The van der Waals surface area contributed by atoms with E-state index >= 15 is 0 Å². The molecule has 0 heterocycles. The second-order valence-corrected chi connectivity index (χ2v) is 4.51. The molecule has 2 rings (SSSR count). The van der Waals surface area contributed by atoms with Gasteiger partial charge in [-0.25, -0.2) is 4.39 Å². The van der Waals surface area contributed by atoms with E-state index in [2.05, 4.69) is 0 Å². The minimum atomic E-state index is -0.363. The molecule has 80 valence electrons. The van der Waals surface area contributed by atoms with Crippen molar-refractivity contribution in [3.63, 3.8) is 0 Å². The van der Waals surface area contributed by atoms with Crippen molar-refractivity contribution in [1.29, 1.82) is 0 Å². The van der Waals surface area contributed by atoms with Gasteiger partial charge in [0, 0.05) is 6.42 Å². The van der Waals surface area contributed by atoms with Crippen LogP contribution in [0.1, 0.15) is 40.7 Å². The molecule has 0 aromatic heterocycles. The number of carbonyl (C=O) groups is 1. The molecule has 15 heavy (non-hydrogen) atoms. The first-order chi connectivity index (χ1) is 7.08. The van der Waals surface area contributed by atoms with E-state index in [0.29, 0.717) is 17.9 Å². The number of Topliss-reactive ketones (excluding diaryl/α,β-unsaturated/α-hetero) is 1. The number of benzene rings is 1. The predicted molar refractivity (Wildman–Crippen MR) is 57.5 cm³/mol. The van der Waals surface area contributed by atoms with Crippen molar-refractivity contribution in [1.82, 2.24) is 0 Å². The molecule has 1 aliphatic carbocycles. The second-order valence-electron chi connectivity index (χ2n) is 4.51. The van der Waals surface area contributed by atoms with E-state index in [9.17, 15) is 9.18 Å². The van der Waals surface area contributed by atoms with Crippen molar-refractivity contribution in [2.24, 2.45) is 5.92 Å². The van der Waals surface area contributed by atoms with Gasteiger partial charge in [0.05, 0.1) is 5.56 Å². The maximum atomic E-state index is 13.6. The van der Waals surface area contributed by atoms with Crippen LogP contribution in [0.15, 0.2) is 12.1 Å². The van der Waals surface area contributed by atoms with Gasteiger partial charge in [0.15, 0.2) is 5.78 Å². The summed E-state index contributed by atoms with van der Waals surface area (Å²) in [6.45, 7) is 3.64. The Kier molecular flexibility index (Phi) is 2.59. The highest BCUT2D eigenvalue weighted by Crippen LogP contribution is 2.34. The van der Waals surface area contributed by atoms with E-state index in [4.69, 9.17) is 0 Å². The van der Waals surface area contributed by atoms with Crippen LogP contribution in [0.5, 0.6) is 0 Å². The van der Waals surface area contributed by atoms with Crippen molar-refractivity contribution in [2.75, 3.05) is 0 Å². The van der Waals surface area contributed by atoms with E-state index in [1.54, 1.807) is 6.92 Å². The van der Waals surface area contributed by atoms with Crippen molar-refractivity contribution in [3.8, 4) is 0 Å². The zero-order chi connectivity index (χ0) is 11.0. The van der Waals surface area contributed by atoms with Crippen molar-refractivity contribution < 1.29 is 9.18 Å². The lowest BCUT2D eigenvalue weighted by atomic mass is 9.98. The molecule has 1 fully saturated rings. The monoisotopic (exact) mass is 206 g/mol. The van der Waals surface area contributed by atoms with Gasteiger partial charge in [-0.2, -0.15) is 0 Å². The molecule has 1 nitrogen and oxygen atoms in total. The Morgan fingerprint density at radius 2 is 2.07 bits per heavy atom. The summed E-state index contributed by atoms with van der Waals surface area (Å²) < 4.78 is 13.6. The fourth-order valence-corrected chi connectivity index (χ4v) is 1.96. The fraction of sp³-hybridized carbons (Fsp3) is 0.462. The molecular formula is C13H15FO. The lowest BCUT2D eigenvalue weighted by Gasteiger charge is -2.07. The van der Waals surface area contributed by atoms with Gasteiger partial charge >= 0.3 is 0 Å². The summed E-state index contributed by atoms with van der Waals surface area (Å²) in [7, 11) is 0. The standard InChI is InChI=1S/C13H15FO/c1-8-5-9(2)13(11(14)6-8)12(15)7-10-3-4-10/h5-6,10H,3-4,7H2,1-2H3. The van der Waals surface area contributed by atoms with Gasteiger partial charge in [-0.15, -0.1) is 0 Å². The highest BCUT2D eigenvalue weighted by atomic mass is 19.1. The highest BCUT2D eigenvalue weighted by molar-refractivity contribution is 5.98. The van der Waals surface area contributed by atoms with E-state index in [1.807, 2.05) is 13.0 Å². The molecule has 1 saturated carbocycles. The smallest absolute Gasteiger partial charge is 0.166 e. The van der Waals surface area contributed by atoms with Crippen molar-refractivity contribution in [2.45, 2.75) is 33.1 Å². The maximum Gasteiger partial charge on any atom is 0.166 e. The number of rotatable bonds is 3. The summed E-state index contributed by atoms with van der Waals surface area (Å²) in [6, 6.07) is 3.30. The van der Waals surface area contributed by atoms with E-state index in [-0.39, 0.29) is 11.6 Å². The van der Waals surface area contributed by atoms with Gasteiger partial charge in [-0.3, -0.25) is 4.79 Å². The Morgan fingerprint density at radius 1 is 1.40 bits per heavy atom. The van der Waals surface area contributed by atoms with Crippen LogP contribution >= 0.6 is 0 Å². The molecule has 1 aromatic carbocycles. The number of aryl methyl sites for hydroxylation is 2. The minimum Gasteiger partial charge on any atom is -0.294 e. The first kappa shape index (κ1) is 10.3. The lowest BCUT2D eigenvalue weighted by Crippen LogP contribution is -2.06. The molecule has 0 amide bonds. The minimum absolute atomic E-state index is 0.0347. The fourth-order valence-electron chi connectivity index (χ4n) is 1.96. The molecule has 0 unspecified atom stereocenters. The zero-order valence-electron chi connectivity index (χ0n) is 9.14. The third kappa shape index (κ3) is 2.25. The van der Waals surface area contributed by atoms with Crippen LogP contribution in [0.4, 0.5) is 4.39 Å². The Balaban J connectivity index is 2.29. The van der Waals surface area contributed by atoms with Crippen LogP contribution in [-0.2, 0) is 0 Å². The van der Waals surface area contributed by atoms with Crippen LogP contribution < -0.4 is 0 Å². The summed E-state index contributed by atoms with van der Waals surface area (Å²) in [5.41, 5.74) is 1.93. The molecule has 2 heteroatoms. The Morgan fingerprint density at radius 3 is 2.60 bits per heavy atom.